The van der Waals surface area contributed by atoms with Crippen LogP contribution in [0.25, 0.3) is 0 Å². The maximum absolute atomic E-state index is 5.94. The minimum absolute atomic E-state index is 0.111. The second-order valence-electron chi connectivity index (χ2n) is 5.81. The van der Waals surface area contributed by atoms with E-state index in [2.05, 4.69) is 45.7 Å². The molecule has 0 bridgehead atoms. The van der Waals surface area contributed by atoms with Crippen molar-refractivity contribution in [2.45, 2.75) is 39.5 Å². The average molecular weight is 442 g/mol. The number of ether oxygens (including phenoxy) is 3. The number of rotatable bonds is 7. The monoisotopic (exact) mass is 440 g/mol. The highest BCUT2D eigenvalue weighted by Gasteiger charge is 2.33. The predicted octanol–water partition coefficient (Wildman–Crippen LogP) is 5.65. The third kappa shape index (κ3) is 4.85. The lowest BCUT2D eigenvalue weighted by Crippen LogP contribution is -2.35. The molecular weight excluding hydrogens is 420 g/mol. The van der Waals surface area contributed by atoms with Gasteiger partial charge in [0.2, 0.25) is 0 Å². The molecule has 0 radical (unpaired) electrons. The summed E-state index contributed by atoms with van der Waals surface area (Å²) < 4.78 is 19.6. The number of hydrogen-bond acceptors (Lipinski definition) is 4. The standard InChI is InChI=1S/C15H22Br2O3S/c1-3-4-5-6-7-18-8-15(2)9-19-11-12(20-10-15)14(17)21-13(11)16/h3-10H2,1-2H3. The molecule has 1 aromatic heterocycles. The smallest absolute Gasteiger partial charge is 0.187 e. The lowest BCUT2D eigenvalue weighted by Gasteiger charge is -2.26. The molecule has 0 saturated heterocycles. The number of fused-ring (bicyclic) bond motifs is 1. The van der Waals surface area contributed by atoms with Gasteiger partial charge in [-0.15, -0.1) is 11.3 Å². The van der Waals surface area contributed by atoms with Crippen molar-refractivity contribution in [3.8, 4) is 11.5 Å². The Morgan fingerprint density at radius 3 is 2.29 bits per heavy atom. The molecule has 21 heavy (non-hydrogen) atoms. The van der Waals surface area contributed by atoms with Crippen molar-refractivity contribution in [2.24, 2.45) is 5.41 Å². The van der Waals surface area contributed by atoms with Crippen molar-refractivity contribution < 1.29 is 14.2 Å². The van der Waals surface area contributed by atoms with E-state index in [4.69, 9.17) is 14.2 Å². The van der Waals surface area contributed by atoms with Crippen LogP contribution in [0.2, 0.25) is 0 Å². The molecule has 0 aliphatic carbocycles. The summed E-state index contributed by atoms with van der Waals surface area (Å²) in [6.45, 7) is 7.08. The van der Waals surface area contributed by atoms with E-state index in [9.17, 15) is 0 Å². The van der Waals surface area contributed by atoms with E-state index in [-0.39, 0.29) is 5.41 Å². The van der Waals surface area contributed by atoms with Crippen LogP contribution in [-0.4, -0.2) is 26.4 Å². The molecule has 0 unspecified atom stereocenters. The van der Waals surface area contributed by atoms with Crippen molar-refractivity contribution in [1.82, 2.24) is 0 Å². The highest BCUT2D eigenvalue weighted by molar-refractivity contribution is 9.12. The Morgan fingerprint density at radius 2 is 1.71 bits per heavy atom. The van der Waals surface area contributed by atoms with Crippen molar-refractivity contribution in [3.63, 3.8) is 0 Å². The van der Waals surface area contributed by atoms with Crippen molar-refractivity contribution >= 4 is 43.2 Å². The second-order valence-corrected chi connectivity index (χ2v) is 9.47. The van der Waals surface area contributed by atoms with E-state index < -0.39 is 0 Å². The van der Waals surface area contributed by atoms with Gasteiger partial charge in [-0.3, -0.25) is 0 Å². The zero-order chi connectivity index (χ0) is 15.3. The van der Waals surface area contributed by atoms with E-state index in [1.807, 2.05) is 0 Å². The highest BCUT2D eigenvalue weighted by atomic mass is 79.9. The third-order valence-corrected chi connectivity index (χ3v) is 5.89. The molecule has 1 aromatic rings. The fourth-order valence-electron chi connectivity index (χ4n) is 2.16. The van der Waals surface area contributed by atoms with Crippen molar-refractivity contribution in [2.75, 3.05) is 26.4 Å². The summed E-state index contributed by atoms with van der Waals surface area (Å²) in [6, 6.07) is 0. The van der Waals surface area contributed by atoms with Crippen molar-refractivity contribution in [3.05, 3.63) is 7.57 Å². The normalized spacial score (nSPS) is 16.8. The zero-order valence-electron chi connectivity index (χ0n) is 12.5. The first-order valence-corrected chi connectivity index (χ1v) is 9.77. The molecule has 1 aliphatic rings. The minimum atomic E-state index is -0.111. The molecule has 0 saturated carbocycles. The van der Waals surface area contributed by atoms with Gasteiger partial charge in [0, 0.05) is 6.61 Å². The maximum atomic E-state index is 5.94. The van der Waals surface area contributed by atoms with E-state index in [1.165, 1.54) is 19.3 Å². The molecule has 2 heterocycles. The second kappa shape index (κ2) is 8.18. The summed E-state index contributed by atoms with van der Waals surface area (Å²) in [7, 11) is 0. The SMILES string of the molecule is CCCCCCOCC1(C)COc2c(Br)sc(Br)c2OC1. The van der Waals surface area contributed by atoms with Crippen LogP contribution in [0.15, 0.2) is 7.57 Å². The quantitative estimate of drug-likeness (QED) is 0.511. The molecule has 0 spiro atoms. The Kier molecular flexibility index (Phi) is 6.84. The van der Waals surface area contributed by atoms with E-state index in [0.717, 1.165) is 32.1 Å². The first-order chi connectivity index (χ1) is 10.1. The molecule has 6 heteroatoms. The molecule has 0 fully saturated rings. The van der Waals surface area contributed by atoms with Crippen molar-refractivity contribution in [1.29, 1.82) is 0 Å². The van der Waals surface area contributed by atoms with E-state index >= 15 is 0 Å². The lowest BCUT2D eigenvalue weighted by molar-refractivity contribution is 0.00544. The van der Waals surface area contributed by atoms with Crippen LogP contribution in [0.3, 0.4) is 0 Å². The van der Waals surface area contributed by atoms with Crippen LogP contribution in [0.5, 0.6) is 11.5 Å². The first-order valence-electron chi connectivity index (χ1n) is 7.37. The largest absolute Gasteiger partial charge is 0.487 e. The van der Waals surface area contributed by atoms with Gasteiger partial charge in [-0.25, -0.2) is 0 Å². The average Bonchev–Trinajstić information content (AvgIpc) is 2.61. The summed E-state index contributed by atoms with van der Waals surface area (Å²) in [6.07, 6.45) is 4.92. The number of thiophene rings is 1. The molecule has 120 valence electrons. The van der Waals surface area contributed by atoms with Gasteiger partial charge in [0.1, 0.15) is 7.57 Å². The fourth-order valence-corrected chi connectivity index (χ4v) is 5.02. The molecule has 0 atom stereocenters. The Labute approximate surface area is 147 Å². The van der Waals surface area contributed by atoms with Crippen LogP contribution in [-0.2, 0) is 4.74 Å². The lowest BCUT2D eigenvalue weighted by atomic mass is 9.94. The summed E-state index contributed by atoms with van der Waals surface area (Å²) in [4.78, 5) is 0. The maximum Gasteiger partial charge on any atom is 0.187 e. The van der Waals surface area contributed by atoms with E-state index in [0.29, 0.717) is 19.8 Å². The molecule has 0 aromatic carbocycles. The van der Waals surface area contributed by atoms with Crippen LogP contribution in [0.1, 0.15) is 39.5 Å². The van der Waals surface area contributed by atoms with Gasteiger partial charge in [0.05, 0.1) is 25.2 Å². The molecule has 0 N–H and O–H groups in total. The van der Waals surface area contributed by atoms with Gasteiger partial charge in [-0.2, -0.15) is 0 Å². The van der Waals surface area contributed by atoms with Gasteiger partial charge < -0.3 is 14.2 Å². The number of hydrogen-bond donors (Lipinski definition) is 0. The Balaban J connectivity index is 1.81. The molecule has 0 amide bonds. The predicted molar refractivity (Wildman–Crippen MR) is 93.8 cm³/mol. The van der Waals surface area contributed by atoms with Gasteiger partial charge in [-0.1, -0.05) is 33.1 Å². The number of halogens is 2. The summed E-state index contributed by atoms with van der Waals surface area (Å²) in [5.41, 5.74) is -0.111. The summed E-state index contributed by atoms with van der Waals surface area (Å²) >= 11 is 8.61. The summed E-state index contributed by atoms with van der Waals surface area (Å²) in [5.74, 6) is 1.61. The van der Waals surface area contributed by atoms with Gasteiger partial charge in [-0.05, 0) is 38.3 Å². The Hall–Kier alpha value is 0.220. The molecular formula is C15H22Br2O3S. The van der Waals surface area contributed by atoms with Gasteiger partial charge in [0.25, 0.3) is 0 Å². The highest BCUT2D eigenvalue weighted by Crippen LogP contribution is 2.50. The minimum Gasteiger partial charge on any atom is -0.487 e. The third-order valence-electron chi connectivity index (χ3n) is 3.47. The Morgan fingerprint density at radius 1 is 1.10 bits per heavy atom. The fraction of sp³-hybridized carbons (Fsp3) is 0.733. The Bertz CT molecular complexity index is 434. The molecule has 2 rings (SSSR count). The van der Waals surface area contributed by atoms with Crippen LogP contribution < -0.4 is 9.47 Å². The summed E-state index contributed by atoms with van der Waals surface area (Å²) in [5, 5.41) is 0. The van der Waals surface area contributed by atoms with Crippen LogP contribution >= 0.6 is 43.2 Å². The van der Waals surface area contributed by atoms with E-state index in [1.54, 1.807) is 11.3 Å². The van der Waals surface area contributed by atoms with Gasteiger partial charge in [0.15, 0.2) is 11.5 Å². The number of unbranched alkanes of at least 4 members (excludes halogenated alkanes) is 3. The molecule has 1 aliphatic heterocycles. The first kappa shape index (κ1) is 17.6. The van der Waals surface area contributed by atoms with Crippen LogP contribution in [0, 0.1) is 5.41 Å². The van der Waals surface area contributed by atoms with Crippen LogP contribution in [0.4, 0.5) is 0 Å². The zero-order valence-corrected chi connectivity index (χ0v) is 16.5. The molecule has 3 nitrogen and oxygen atoms in total. The van der Waals surface area contributed by atoms with Gasteiger partial charge >= 0.3 is 0 Å². The topological polar surface area (TPSA) is 27.7 Å².